The molecule has 0 radical (unpaired) electrons. The molecule has 0 amide bonds. The minimum atomic E-state index is -0.298. The van der Waals surface area contributed by atoms with Crippen LogP contribution in [0.15, 0.2) is 0 Å². The van der Waals surface area contributed by atoms with Gasteiger partial charge in [0.05, 0.1) is 0 Å². The number of rotatable bonds is 6. The summed E-state index contributed by atoms with van der Waals surface area (Å²) in [5, 5.41) is 1.79. The predicted molar refractivity (Wildman–Crippen MR) is 80.7 cm³/mol. The topological polar surface area (TPSA) is 0 Å². The van der Waals surface area contributed by atoms with E-state index in [1.807, 2.05) is 0 Å². The third kappa shape index (κ3) is 8.27. The Balaban J connectivity index is 4.12. The van der Waals surface area contributed by atoms with Crippen molar-refractivity contribution < 1.29 is 0 Å². The van der Waals surface area contributed by atoms with Crippen LogP contribution >= 0.6 is 26.2 Å². The Hall–Kier alpha value is 0.950. The molecule has 0 saturated carbocycles. The normalized spacial score (nSPS) is 16.9. The monoisotopic (exact) mass is 252 g/mol. The van der Waals surface area contributed by atoms with Gasteiger partial charge >= 0.3 is 0 Å². The molecule has 0 bridgehead atoms. The number of hydrogen-bond acceptors (Lipinski definition) is 0. The van der Waals surface area contributed by atoms with Gasteiger partial charge < -0.3 is 0 Å². The average Bonchev–Trinajstić information content (AvgIpc) is 2.10. The van der Waals surface area contributed by atoms with E-state index >= 15 is 0 Å². The smallest absolute Gasteiger partial charge is 0.0189 e. The van der Waals surface area contributed by atoms with Crippen LogP contribution in [0.2, 0.25) is 0 Å². The van der Waals surface area contributed by atoms with Crippen molar-refractivity contribution in [3.63, 3.8) is 0 Å². The fourth-order valence-corrected chi connectivity index (χ4v) is 5.68. The Bertz CT molecular complexity index is 182. The standard InChI is InChI=1S/C11H26P2S/c1-7-11(9-13(3)8-2)12-10-14(4,5)6/h7-10H2,1-6H3. The molecule has 0 heterocycles. The van der Waals surface area contributed by atoms with Gasteiger partial charge in [-0.3, -0.25) is 0 Å². The van der Waals surface area contributed by atoms with Crippen molar-refractivity contribution in [1.82, 2.24) is 0 Å². The van der Waals surface area contributed by atoms with Crippen LogP contribution < -0.4 is 0 Å². The van der Waals surface area contributed by atoms with Gasteiger partial charge in [-0.25, -0.2) is 10.0 Å². The maximum Gasteiger partial charge on any atom is 0.0189 e. The van der Waals surface area contributed by atoms with E-state index in [-0.39, 0.29) is 10.0 Å². The molecule has 3 heteroatoms. The summed E-state index contributed by atoms with van der Waals surface area (Å²) < 4.78 is 0. The molecule has 0 aromatic heterocycles. The molecule has 0 aliphatic carbocycles. The maximum absolute atomic E-state index is 2.43. The molecular formula is C11H26P2S. The molecule has 1 unspecified atom stereocenters. The van der Waals surface area contributed by atoms with E-state index < -0.39 is 0 Å². The van der Waals surface area contributed by atoms with Crippen LogP contribution in [0, 0.1) is 0 Å². The Morgan fingerprint density at radius 3 is 2.14 bits per heavy atom. The highest BCUT2D eigenvalue weighted by Gasteiger charge is 2.05. The molecule has 0 rings (SSSR count). The summed E-state index contributed by atoms with van der Waals surface area (Å²) in [7, 11) is 1.64. The van der Waals surface area contributed by atoms with E-state index in [4.69, 9.17) is 0 Å². The highest BCUT2D eigenvalue weighted by molar-refractivity contribution is 8.34. The first-order valence-corrected chi connectivity index (χ1v) is 11.5. The third-order valence-electron chi connectivity index (χ3n) is 2.08. The van der Waals surface area contributed by atoms with Gasteiger partial charge in [0.2, 0.25) is 0 Å². The lowest BCUT2D eigenvalue weighted by atomic mass is 10.4. The highest BCUT2D eigenvalue weighted by atomic mass is 32.3. The van der Waals surface area contributed by atoms with E-state index in [0.717, 1.165) is 0 Å². The summed E-state index contributed by atoms with van der Waals surface area (Å²) in [4.78, 5) is 0. The van der Waals surface area contributed by atoms with Crippen molar-refractivity contribution in [2.75, 3.05) is 43.2 Å². The summed E-state index contributed by atoms with van der Waals surface area (Å²) in [5.41, 5.74) is 1.41. The van der Waals surface area contributed by atoms with Crippen LogP contribution in [-0.2, 0) is 0 Å². The van der Waals surface area contributed by atoms with Gasteiger partial charge in [0.25, 0.3) is 0 Å². The summed E-state index contributed by atoms with van der Waals surface area (Å²) in [5.74, 6) is 0. The largest absolute Gasteiger partial charge is 0.242 e. The molecule has 0 fully saturated rings. The Morgan fingerprint density at radius 1 is 1.21 bits per heavy atom. The maximum atomic E-state index is 2.43. The minimum Gasteiger partial charge on any atom is -0.242 e. The highest BCUT2D eigenvalue weighted by Crippen LogP contribution is 2.40. The Labute approximate surface area is 95.1 Å². The Morgan fingerprint density at radius 2 is 1.79 bits per heavy atom. The molecule has 0 aromatic carbocycles. The third-order valence-corrected chi connectivity index (χ3v) is 8.86. The van der Waals surface area contributed by atoms with E-state index in [0.29, 0.717) is 7.92 Å². The fourth-order valence-electron chi connectivity index (χ4n) is 0.982. The summed E-state index contributed by atoms with van der Waals surface area (Å²) in [6, 6.07) is 0. The second-order valence-corrected chi connectivity index (χ2v) is 13.5. The zero-order valence-electron chi connectivity index (χ0n) is 10.6. The lowest BCUT2D eigenvalue weighted by Gasteiger charge is -2.23. The van der Waals surface area contributed by atoms with Crippen molar-refractivity contribution in [2.45, 2.75) is 20.3 Å². The zero-order valence-corrected chi connectivity index (χ0v) is 13.2. The molecule has 0 saturated heterocycles. The average molecular weight is 252 g/mol. The zero-order chi connectivity index (χ0) is 11.2. The lowest BCUT2D eigenvalue weighted by molar-refractivity contribution is 1.30. The first-order chi connectivity index (χ1) is 6.39. The van der Waals surface area contributed by atoms with Gasteiger partial charge in [-0.05, 0) is 49.5 Å². The molecule has 0 N–H and O–H groups in total. The van der Waals surface area contributed by atoms with E-state index in [1.165, 1.54) is 24.2 Å². The fraction of sp³-hybridized carbons (Fsp3) is 0.909. The van der Waals surface area contributed by atoms with Crippen LogP contribution in [0.25, 0.3) is 0 Å². The van der Waals surface area contributed by atoms with Gasteiger partial charge in [-0.2, -0.15) is 0 Å². The summed E-state index contributed by atoms with van der Waals surface area (Å²) >= 11 is 0. The molecule has 1 atom stereocenters. The van der Waals surface area contributed by atoms with E-state index in [9.17, 15) is 0 Å². The van der Waals surface area contributed by atoms with Crippen molar-refractivity contribution in [1.29, 1.82) is 0 Å². The lowest BCUT2D eigenvalue weighted by Crippen LogP contribution is -2.01. The molecule has 0 aliphatic heterocycles. The molecule has 0 nitrogen and oxygen atoms in total. The SMILES string of the molecule is CCC(CP(C)CC)=PCS(C)(C)C. The number of hydrogen-bond donors (Lipinski definition) is 0. The molecular weight excluding hydrogens is 226 g/mol. The van der Waals surface area contributed by atoms with Crippen molar-refractivity contribution >= 4 is 31.4 Å². The van der Waals surface area contributed by atoms with Gasteiger partial charge in [0.15, 0.2) is 0 Å². The first kappa shape index (κ1) is 14.9. The molecule has 14 heavy (non-hydrogen) atoms. The summed E-state index contributed by atoms with van der Waals surface area (Å²) in [6.07, 6.45) is 11.4. The summed E-state index contributed by atoms with van der Waals surface area (Å²) in [6.45, 7) is 7.08. The van der Waals surface area contributed by atoms with E-state index in [1.54, 1.807) is 13.5 Å². The van der Waals surface area contributed by atoms with Crippen molar-refractivity contribution in [3.05, 3.63) is 0 Å². The second kappa shape index (κ2) is 7.26. The Kier molecular flexibility index (Phi) is 7.75. The van der Waals surface area contributed by atoms with Crippen molar-refractivity contribution in [2.24, 2.45) is 0 Å². The van der Waals surface area contributed by atoms with Gasteiger partial charge in [-0.15, -0.1) is 7.92 Å². The van der Waals surface area contributed by atoms with Crippen LogP contribution in [-0.4, -0.2) is 48.5 Å². The van der Waals surface area contributed by atoms with Crippen LogP contribution in [0.5, 0.6) is 0 Å². The molecule has 0 aromatic rings. The van der Waals surface area contributed by atoms with Crippen LogP contribution in [0.4, 0.5) is 0 Å². The minimum absolute atomic E-state index is 0.294. The molecule has 0 aliphatic rings. The first-order valence-electron chi connectivity index (χ1n) is 5.25. The van der Waals surface area contributed by atoms with Crippen LogP contribution in [0.3, 0.4) is 0 Å². The second-order valence-electron chi connectivity index (χ2n) is 4.63. The quantitative estimate of drug-likeness (QED) is 0.618. The van der Waals surface area contributed by atoms with Crippen molar-refractivity contribution in [3.8, 4) is 0 Å². The van der Waals surface area contributed by atoms with Crippen LogP contribution in [0.1, 0.15) is 20.3 Å². The van der Waals surface area contributed by atoms with E-state index in [2.05, 4.69) is 39.3 Å². The predicted octanol–water partition coefficient (Wildman–Crippen LogP) is 4.30. The molecule has 0 spiro atoms. The van der Waals surface area contributed by atoms with Gasteiger partial charge in [0, 0.05) is 5.49 Å². The molecule has 86 valence electrons. The van der Waals surface area contributed by atoms with Gasteiger partial charge in [0.1, 0.15) is 0 Å². The van der Waals surface area contributed by atoms with Gasteiger partial charge in [-0.1, -0.05) is 22.1 Å².